The number of hydrogen-bond donors (Lipinski definition) is 3. The largest absolute Gasteiger partial charge is 0.433 e. The van der Waals surface area contributed by atoms with Gasteiger partial charge in [0.05, 0.1) is 32.5 Å². The van der Waals surface area contributed by atoms with Gasteiger partial charge in [0.25, 0.3) is 5.91 Å². The summed E-state index contributed by atoms with van der Waals surface area (Å²) in [6.07, 6.45) is 0.0544. The van der Waals surface area contributed by atoms with Gasteiger partial charge in [-0.25, -0.2) is 14.8 Å². The fourth-order valence-corrected chi connectivity index (χ4v) is 10.7. The third-order valence-corrected chi connectivity index (χ3v) is 14.1. The Morgan fingerprint density at radius 1 is 0.967 bits per heavy atom. The van der Waals surface area contributed by atoms with E-state index < -0.39 is 35.3 Å². The number of pyridine rings is 1. The number of amides is 3. The molecule has 0 radical (unpaired) electrons. The number of nitrogens with one attached hydrogen (secondary N) is 2. The highest BCUT2D eigenvalue weighted by Gasteiger charge is 2.46. The zero-order chi connectivity index (χ0) is 43.0. The van der Waals surface area contributed by atoms with Crippen molar-refractivity contribution < 1.29 is 32.7 Å². The number of thiazole rings is 1. The molecule has 9 rings (SSSR count). The molecule has 0 saturated carbocycles. The van der Waals surface area contributed by atoms with E-state index in [2.05, 4.69) is 36.4 Å². The first-order valence-corrected chi connectivity index (χ1v) is 21.6. The summed E-state index contributed by atoms with van der Waals surface area (Å²) in [4.78, 5) is 66.7. The molecule has 3 aromatic heterocycles. The molecule has 3 amide bonds. The van der Waals surface area contributed by atoms with Gasteiger partial charge in [-0.2, -0.15) is 13.2 Å². The van der Waals surface area contributed by atoms with Crippen LogP contribution >= 0.6 is 11.3 Å². The summed E-state index contributed by atoms with van der Waals surface area (Å²) in [7, 11) is 1.75. The predicted molar refractivity (Wildman–Crippen MR) is 226 cm³/mol. The minimum atomic E-state index is -4.69. The first-order valence-electron chi connectivity index (χ1n) is 20.8. The smallest absolute Gasteiger partial charge is 0.386 e. The van der Waals surface area contributed by atoms with E-state index in [4.69, 9.17) is 4.98 Å². The van der Waals surface area contributed by atoms with Gasteiger partial charge in [-0.3, -0.25) is 28.8 Å². The molecule has 322 valence electrons. The minimum Gasteiger partial charge on any atom is -0.386 e. The third kappa shape index (κ3) is 7.77. The highest BCUT2D eigenvalue weighted by Crippen LogP contribution is 2.45. The summed E-state index contributed by atoms with van der Waals surface area (Å²) in [6.45, 7) is 9.79. The van der Waals surface area contributed by atoms with Crippen LogP contribution < -0.4 is 26.1 Å². The lowest BCUT2D eigenvalue weighted by molar-refractivity contribution is -0.141. The zero-order valence-corrected chi connectivity index (χ0v) is 35.0. The summed E-state index contributed by atoms with van der Waals surface area (Å²) in [5, 5.41) is 16.9. The van der Waals surface area contributed by atoms with Gasteiger partial charge >= 0.3 is 11.9 Å². The second-order valence-corrected chi connectivity index (χ2v) is 18.7. The SMILES string of the molecule is Cn1c(=O)n(C2CCC(=O)NC2=O)c2cccc(N3CC4(CCN(CC5CCN(c6nc7cc(C(C)(C)O)c(NC(=O)c8cccc(C(F)(F)F)n8)cc7s6)CC5)CC4)C3)c21. The Hall–Kier alpha value is -5.33. The van der Waals surface area contributed by atoms with E-state index >= 15 is 0 Å². The number of imidazole rings is 1. The van der Waals surface area contributed by atoms with Gasteiger partial charge in [0.15, 0.2) is 5.13 Å². The Kier molecular flexibility index (Phi) is 10.3. The third-order valence-electron chi connectivity index (χ3n) is 13.0. The van der Waals surface area contributed by atoms with E-state index in [1.807, 2.05) is 12.1 Å². The molecule has 14 nitrogen and oxygen atoms in total. The second kappa shape index (κ2) is 15.2. The van der Waals surface area contributed by atoms with E-state index in [1.54, 1.807) is 42.2 Å². The van der Waals surface area contributed by atoms with Crippen molar-refractivity contribution in [3.8, 4) is 0 Å². The molecule has 7 heterocycles. The highest BCUT2D eigenvalue weighted by molar-refractivity contribution is 7.22. The maximum Gasteiger partial charge on any atom is 0.433 e. The standard InChI is InChI=1S/C43H48F3N9O5S/c1-41(2,60)26-20-29-33(21-28(26)48-37(57)27-6-4-9-34(47-27)43(44,45)46)61-39(49-29)53-16-12-25(13-17-53)22-52-18-14-42(15-19-52)23-54(24-42)30-7-5-8-31-36(30)51(3)40(59)55(31)32-10-11-35(56)50-38(32)58/h4-9,20-21,25,32,60H,10-19,22-24H2,1-3H3,(H,48,57)(H,50,56,58). The lowest BCUT2D eigenvalue weighted by Gasteiger charge is -2.55. The number of nitrogens with zero attached hydrogens (tertiary/aromatic N) is 7. The minimum absolute atomic E-state index is 0.201. The molecule has 4 aliphatic rings. The van der Waals surface area contributed by atoms with E-state index in [1.165, 1.54) is 17.4 Å². The second-order valence-electron chi connectivity index (χ2n) is 17.7. The number of aryl methyl sites for hydroxylation is 1. The number of alkyl halides is 3. The van der Waals surface area contributed by atoms with Crippen LogP contribution in [0.5, 0.6) is 0 Å². The number of rotatable bonds is 8. The van der Waals surface area contributed by atoms with Crippen molar-refractivity contribution in [2.24, 2.45) is 18.4 Å². The fourth-order valence-electron chi connectivity index (χ4n) is 9.65. The van der Waals surface area contributed by atoms with Crippen LogP contribution in [0.3, 0.4) is 0 Å². The number of halogens is 3. The molecule has 3 N–H and O–H groups in total. The van der Waals surface area contributed by atoms with E-state index in [9.17, 15) is 37.5 Å². The van der Waals surface area contributed by atoms with Crippen LogP contribution in [0.2, 0.25) is 0 Å². The summed E-state index contributed by atoms with van der Waals surface area (Å²) in [5.74, 6) is -1.01. The number of likely N-dealkylation sites (tertiary alicyclic amines) is 1. The van der Waals surface area contributed by atoms with Gasteiger partial charge in [0.2, 0.25) is 11.8 Å². The van der Waals surface area contributed by atoms with Crippen molar-refractivity contribution in [3.05, 3.63) is 76.0 Å². The molecule has 4 saturated heterocycles. The van der Waals surface area contributed by atoms with Crippen molar-refractivity contribution in [2.75, 3.05) is 60.9 Å². The molecule has 4 fully saturated rings. The van der Waals surface area contributed by atoms with Gasteiger partial charge < -0.3 is 25.1 Å². The Balaban J connectivity index is 0.799. The number of fused-ring (bicyclic) bond motifs is 2. The lowest BCUT2D eigenvalue weighted by atomic mass is 9.71. The van der Waals surface area contributed by atoms with E-state index in [-0.39, 0.29) is 34.8 Å². The number of hydrogen-bond acceptors (Lipinski definition) is 11. The van der Waals surface area contributed by atoms with Crippen LogP contribution in [0.15, 0.2) is 53.3 Å². The lowest BCUT2D eigenvalue weighted by Crippen LogP contribution is -2.61. The topological polar surface area (TPSA) is 158 Å². The van der Waals surface area contributed by atoms with Crippen molar-refractivity contribution >= 4 is 66.8 Å². The van der Waals surface area contributed by atoms with Gasteiger partial charge in [-0.15, -0.1) is 0 Å². The van der Waals surface area contributed by atoms with E-state index in [0.717, 1.165) is 105 Å². The predicted octanol–water partition coefficient (Wildman–Crippen LogP) is 5.64. The summed E-state index contributed by atoms with van der Waals surface area (Å²) in [5.41, 5.74) is 0.880. The molecule has 5 aromatic rings. The molecule has 0 aliphatic carbocycles. The average Bonchev–Trinajstić information content (AvgIpc) is 3.74. The van der Waals surface area contributed by atoms with Gasteiger partial charge in [0, 0.05) is 62.9 Å². The van der Waals surface area contributed by atoms with E-state index in [0.29, 0.717) is 28.9 Å². The number of benzene rings is 2. The maximum atomic E-state index is 13.5. The molecule has 1 atom stereocenters. The Labute approximate surface area is 353 Å². The Bertz CT molecular complexity index is 2610. The number of piperidine rings is 3. The molecule has 18 heteroatoms. The van der Waals surface area contributed by atoms with Crippen molar-refractivity contribution in [1.82, 2.24) is 29.3 Å². The molecular weight excluding hydrogens is 812 g/mol. The Morgan fingerprint density at radius 3 is 2.38 bits per heavy atom. The van der Waals surface area contributed by atoms with Crippen LogP contribution in [0.4, 0.5) is 29.7 Å². The average molecular weight is 860 g/mol. The number of carbonyl (C=O) groups excluding carboxylic acids is 3. The zero-order valence-electron chi connectivity index (χ0n) is 34.2. The van der Waals surface area contributed by atoms with Crippen molar-refractivity contribution in [2.45, 2.75) is 70.2 Å². The Morgan fingerprint density at radius 2 is 1.69 bits per heavy atom. The first-order chi connectivity index (χ1) is 29.0. The quantitative estimate of drug-likeness (QED) is 0.167. The molecule has 4 aliphatic heterocycles. The number of carbonyl (C=O) groups is 3. The van der Waals surface area contributed by atoms with Crippen molar-refractivity contribution in [3.63, 3.8) is 0 Å². The van der Waals surface area contributed by atoms with Crippen LogP contribution in [-0.4, -0.2) is 92.6 Å². The molecule has 1 spiro atoms. The van der Waals surface area contributed by atoms with Crippen LogP contribution in [0.25, 0.3) is 21.3 Å². The summed E-state index contributed by atoms with van der Waals surface area (Å²) >= 11 is 1.48. The van der Waals surface area contributed by atoms with Crippen LogP contribution in [0.1, 0.15) is 80.2 Å². The molecule has 61 heavy (non-hydrogen) atoms. The van der Waals surface area contributed by atoms with Crippen LogP contribution in [-0.2, 0) is 28.4 Å². The number of aliphatic hydroxyl groups is 1. The van der Waals surface area contributed by atoms with Crippen LogP contribution in [0, 0.1) is 11.3 Å². The summed E-state index contributed by atoms with van der Waals surface area (Å²) in [6, 6.07) is 11.8. The van der Waals surface area contributed by atoms with Gasteiger partial charge in [-0.1, -0.05) is 23.5 Å². The number of anilines is 3. The van der Waals surface area contributed by atoms with Gasteiger partial charge in [-0.05, 0) is 101 Å². The van der Waals surface area contributed by atoms with Crippen molar-refractivity contribution in [1.29, 1.82) is 0 Å². The fraction of sp³-hybridized carbons (Fsp3) is 0.488. The normalized spacial score (nSPS) is 20.4. The molecule has 1 unspecified atom stereocenters. The first kappa shape index (κ1) is 41.0. The molecule has 2 aromatic carbocycles. The highest BCUT2D eigenvalue weighted by atomic mass is 32.1. The molecular formula is C43H48F3N9O5S. The summed E-state index contributed by atoms with van der Waals surface area (Å²) < 4.78 is 43.8. The monoisotopic (exact) mass is 859 g/mol. The molecule has 0 bridgehead atoms. The number of aromatic nitrogens is 4. The van der Waals surface area contributed by atoms with Gasteiger partial charge in [0.1, 0.15) is 17.4 Å². The number of para-hydroxylation sites is 1. The maximum absolute atomic E-state index is 13.5. The number of imide groups is 1.